The van der Waals surface area contributed by atoms with E-state index in [0.717, 1.165) is 28.1 Å². The molecule has 1 atom stereocenters. The zero-order valence-electron chi connectivity index (χ0n) is 18.8. The minimum absolute atomic E-state index is 0.141. The maximum absolute atomic E-state index is 13.4. The lowest BCUT2D eigenvalue weighted by Crippen LogP contribution is -2.51. The first kappa shape index (κ1) is 25.7. The van der Waals surface area contributed by atoms with Crippen LogP contribution in [0.3, 0.4) is 0 Å². The molecule has 0 radical (unpaired) electrons. The van der Waals surface area contributed by atoms with E-state index in [1.54, 1.807) is 62.4 Å². The summed E-state index contributed by atoms with van der Waals surface area (Å²) in [5.41, 5.74) is 1.93. The van der Waals surface area contributed by atoms with Crippen molar-refractivity contribution in [2.45, 2.75) is 39.8 Å². The number of rotatable bonds is 10. The molecule has 0 bridgehead atoms. The van der Waals surface area contributed by atoms with Gasteiger partial charge in [0.2, 0.25) is 21.8 Å². The number of para-hydroxylation sites is 1. The highest BCUT2D eigenvalue weighted by molar-refractivity contribution is 7.92. The molecule has 174 valence electrons. The molecule has 0 spiro atoms. The number of anilines is 1. The second-order valence-electron chi connectivity index (χ2n) is 7.67. The normalized spacial score (nSPS) is 12.2. The van der Waals surface area contributed by atoms with E-state index in [4.69, 9.17) is 11.6 Å². The fraction of sp³-hybridized carbons (Fsp3) is 0.391. The molecule has 1 N–H and O–H groups in total. The predicted molar refractivity (Wildman–Crippen MR) is 128 cm³/mol. The molecule has 0 fully saturated rings. The summed E-state index contributed by atoms with van der Waals surface area (Å²) in [6.07, 6.45) is 1.83. The van der Waals surface area contributed by atoms with Crippen LogP contribution in [0.25, 0.3) is 0 Å². The average molecular weight is 480 g/mol. The first-order chi connectivity index (χ1) is 15.0. The van der Waals surface area contributed by atoms with Crippen molar-refractivity contribution in [3.8, 4) is 0 Å². The fourth-order valence-electron chi connectivity index (χ4n) is 3.20. The van der Waals surface area contributed by atoms with E-state index in [0.29, 0.717) is 17.3 Å². The van der Waals surface area contributed by atoms with E-state index in [-0.39, 0.29) is 12.5 Å². The number of benzene rings is 2. The number of carbonyl (C=O) groups is 2. The van der Waals surface area contributed by atoms with E-state index < -0.39 is 28.5 Å². The van der Waals surface area contributed by atoms with E-state index in [2.05, 4.69) is 5.32 Å². The zero-order valence-corrected chi connectivity index (χ0v) is 20.4. The Labute approximate surface area is 195 Å². The van der Waals surface area contributed by atoms with Crippen molar-refractivity contribution in [2.75, 3.05) is 23.7 Å². The number of hydrogen-bond donors (Lipinski definition) is 1. The van der Waals surface area contributed by atoms with Crippen LogP contribution < -0.4 is 9.62 Å². The van der Waals surface area contributed by atoms with Gasteiger partial charge in [0.15, 0.2) is 0 Å². The number of aryl methyl sites for hydroxylation is 1. The Balaban J connectivity index is 2.37. The lowest BCUT2D eigenvalue weighted by molar-refractivity contribution is -0.139. The van der Waals surface area contributed by atoms with E-state index in [1.165, 1.54) is 4.90 Å². The predicted octanol–water partition coefficient (Wildman–Crippen LogP) is 3.36. The number of sulfonamides is 1. The molecule has 0 saturated heterocycles. The lowest BCUT2D eigenvalue weighted by Gasteiger charge is -2.32. The SMILES string of the molecule is CCCNC(=O)[C@H](C)N(Cc1ccc(Cl)cc1)C(=O)CN(c1ccccc1C)S(C)(=O)=O. The third-order valence-electron chi connectivity index (χ3n) is 5.05. The van der Waals surface area contributed by atoms with Crippen molar-refractivity contribution in [1.82, 2.24) is 10.2 Å². The summed E-state index contributed by atoms with van der Waals surface area (Å²) < 4.78 is 26.2. The minimum Gasteiger partial charge on any atom is -0.354 e. The molecule has 2 amide bonds. The number of carbonyl (C=O) groups excluding carboxylic acids is 2. The third kappa shape index (κ3) is 6.97. The minimum atomic E-state index is -3.74. The summed E-state index contributed by atoms with van der Waals surface area (Å²) in [6.45, 7) is 5.57. The molecule has 0 aliphatic heterocycles. The Morgan fingerprint density at radius 3 is 2.28 bits per heavy atom. The van der Waals surface area contributed by atoms with Gasteiger partial charge in [0, 0.05) is 18.1 Å². The van der Waals surface area contributed by atoms with Crippen LogP contribution in [0, 0.1) is 6.92 Å². The molecular formula is C23H30ClN3O4S. The highest BCUT2D eigenvalue weighted by Gasteiger charge is 2.30. The lowest BCUT2D eigenvalue weighted by atomic mass is 10.1. The average Bonchev–Trinajstić information content (AvgIpc) is 2.74. The van der Waals surface area contributed by atoms with Gasteiger partial charge >= 0.3 is 0 Å². The Hall–Kier alpha value is -2.58. The molecule has 0 heterocycles. The Kier molecular flexibility index (Phi) is 9.09. The molecule has 2 rings (SSSR count). The van der Waals surface area contributed by atoms with Crippen LogP contribution in [0.2, 0.25) is 5.02 Å². The first-order valence-electron chi connectivity index (χ1n) is 10.4. The van der Waals surface area contributed by atoms with Gasteiger partial charge in [-0.1, -0.05) is 48.9 Å². The molecule has 9 heteroatoms. The van der Waals surface area contributed by atoms with Gasteiger partial charge in [-0.2, -0.15) is 0 Å². The number of halogens is 1. The molecule has 0 aromatic heterocycles. The van der Waals surface area contributed by atoms with Crippen molar-refractivity contribution in [1.29, 1.82) is 0 Å². The van der Waals surface area contributed by atoms with Crippen molar-refractivity contribution in [3.05, 3.63) is 64.7 Å². The summed E-state index contributed by atoms with van der Waals surface area (Å²) in [6, 6.07) is 13.1. The van der Waals surface area contributed by atoms with Crippen molar-refractivity contribution >= 4 is 39.1 Å². The molecule has 0 aliphatic carbocycles. The number of nitrogens with zero attached hydrogens (tertiary/aromatic N) is 2. The van der Waals surface area contributed by atoms with Gasteiger partial charge in [-0.3, -0.25) is 13.9 Å². The van der Waals surface area contributed by atoms with Crippen LogP contribution in [0.4, 0.5) is 5.69 Å². The van der Waals surface area contributed by atoms with Gasteiger partial charge in [0.1, 0.15) is 12.6 Å². The number of hydrogen-bond acceptors (Lipinski definition) is 4. The maximum Gasteiger partial charge on any atom is 0.244 e. The number of nitrogens with one attached hydrogen (secondary N) is 1. The van der Waals surface area contributed by atoms with Crippen molar-refractivity contribution in [3.63, 3.8) is 0 Å². The van der Waals surface area contributed by atoms with Gasteiger partial charge < -0.3 is 10.2 Å². The van der Waals surface area contributed by atoms with Crippen molar-refractivity contribution in [2.24, 2.45) is 0 Å². The first-order valence-corrected chi connectivity index (χ1v) is 12.6. The molecule has 32 heavy (non-hydrogen) atoms. The Morgan fingerprint density at radius 1 is 1.09 bits per heavy atom. The highest BCUT2D eigenvalue weighted by Crippen LogP contribution is 2.23. The third-order valence-corrected chi connectivity index (χ3v) is 6.42. The smallest absolute Gasteiger partial charge is 0.244 e. The Morgan fingerprint density at radius 2 is 1.72 bits per heavy atom. The summed E-state index contributed by atoms with van der Waals surface area (Å²) >= 11 is 5.96. The number of amides is 2. The van der Waals surface area contributed by atoms with E-state index in [9.17, 15) is 18.0 Å². The van der Waals surface area contributed by atoms with E-state index in [1.807, 2.05) is 6.92 Å². The van der Waals surface area contributed by atoms with Crippen LogP contribution in [-0.4, -0.2) is 50.5 Å². The highest BCUT2D eigenvalue weighted by atomic mass is 35.5. The molecule has 0 saturated carbocycles. The molecular weight excluding hydrogens is 450 g/mol. The monoisotopic (exact) mass is 479 g/mol. The molecule has 2 aromatic rings. The van der Waals surface area contributed by atoms with Gasteiger partial charge in [-0.05, 0) is 49.6 Å². The Bertz CT molecular complexity index is 1040. The quantitative estimate of drug-likeness (QED) is 0.566. The van der Waals surface area contributed by atoms with Crippen LogP contribution in [0.1, 0.15) is 31.4 Å². The summed E-state index contributed by atoms with van der Waals surface area (Å²) in [5.74, 6) is -0.774. The summed E-state index contributed by atoms with van der Waals surface area (Å²) in [7, 11) is -3.74. The molecule has 0 unspecified atom stereocenters. The van der Waals surface area contributed by atoms with Gasteiger partial charge in [-0.25, -0.2) is 8.42 Å². The van der Waals surface area contributed by atoms with Crippen LogP contribution in [0.5, 0.6) is 0 Å². The van der Waals surface area contributed by atoms with Crippen LogP contribution in [0.15, 0.2) is 48.5 Å². The second kappa shape index (κ2) is 11.3. The molecule has 7 nitrogen and oxygen atoms in total. The van der Waals surface area contributed by atoms with Gasteiger partial charge in [-0.15, -0.1) is 0 Å². The molecule has 2 aromatic carbocycles. The summed E-state index contributed by atoms with van der Waals surface area (Å²) in [4.78, 5) is 27.4. The summed E-state index contributed by atoms with van der Waals surface area (Å²) in [5, 5.41) is 3.36. The van der Waals surface area contributed by atoms with Crippen LogP contribution >= 0.6 is 11.6 Å². The fourth-order valence-corrected chi connectivity index (χ4v) is 4.24. The largest absolute Gasteiger partial charge is 0.354 e. The van der Waals surface area contributed by atoms with Crippen LogP contribution in [-0.2, 0) is 26.2 Å². The second-order valence-corrected chi connectivity index (χ2v) is 10.0. The standard InChI is InChI=1S/C23H30ClN3O4S/c1-5-14-25-23(29)18(3)26(15-19-10-12-20(24)13-11-19)22(28)16-27(32(4,30)31)21-9-7-6-8-17(21)2/h6-13,18H,5,14-16H2,1-4H3,(H,25,29)/t18-/m0/s1. The van der Waals surface area contributed by atoms with Gasteiger partial charge in [0.05, 0.1) is 11.9 Å². The topological polar surface area (TPSA) is 86.8 Å². The van der Waals surface area contributed by atoms with Gasteiger partial charge in [0.25, 0.3) is 0 Å². The van der Waals surface area contributed by atoms with Crippen molar-refractivity contribution < 1.29 is 18.0 Å². The molecule has 0 aliphatic rings. The maximum atomic E-state index is 13.4. The zero-order chi connectivity index (χ0) is 23.9. The van der Waals surface area contributed by atoms with E-state index >= 15 is 0 Å².